The van der Waals surface area contributed by atoms with Crippen LogP contribution in [0.1, 0.15) is 0 Å². The van der Waals surface area contributed by atoms with E-state index in [4.69, 9.17) is 4.42 Å². The summed E-state index contributed by atoms with van der Waals surface area (Å²) in [5.74, 6) is 0. The van der Waals surface area contributed by atoms with Crippen molar-refractivity contribution >= 4 is 53.4 Å². The van der Waals surface area contributed by atoms with Crippen molar-refractivity contribution in [2.45, 2.75) is 0 Å². The van der Waals surface area contributed by atoms with Crippen molar-refractivity contribution in [1.29, 1.82) is 0 Å². The molecule has 5 aromatic rings. The van der Waals surface area contributed by atoms with Crippen molar-refractivity contribution in [3.63, 3.8) is 0 Å². The molecule has 14 heavy (non-hydrogen) atoms. The summed E-state index contributed by atoms with van der Waals surface area (Å²) >= 11 is 1.87. The molecule has 2 heterocycles. The van der Waals surface area contributed by atoms with Crippen molar-refractivity contribution in [3.8, 4) is 0 Å². The SMILES string of the molecule is c1ccc2c(c1)c1c3oc3c3sc3c21. The summed E-state index contributed by atoms with van der Waals surface area (Å²) in [4.78, 5) is 0. The van der Waals surface area contributed by atoms with Crippen molar-refractivity contribution < 1.29 is 4.42 Å². The number of rotatable bonds is 0. The second-order valence-electron chi connectivity index (χ2n) is 3.82. The van der Waals surface area contributed by atoms with Crippen LogP contribution in [0.2, 0.25) is 0 Å². The molecule has 3 aromatic carbocycles. The van der Waals surface area contributed by atoms with E-state index in [1.54, 1.807) is 0 Å². The summed E-state index contributed by atoms with van der Waals surface area (Å²) in [5.41, 5.74) is 2.29. The highest BCUT2D eigenvalue weighted by Gasteiger charge is 2.28. The summed E-state index contributed by atoms with van der Waals surface area (Å²) in [6.07, 6.45) is 0. The van der Waals surface area contributed by atoms with Gasteiger partial charge in [-0.05, 0) is 10.8 Å². The first-order chi connectivity index (χ1) is 6.95. The Morgan fingerprint density at radius 2 is 1.64 bits per heavy atom. The maximum atomic E-state index is 5.52. The van der Waals surface area contributed by atoms with Crippen molar-refractivity contribution in [1.82, 2.24) is 0 Å². The molecule has 5 rings (SSSR count). The van der Waals surface area contributed by atoms with Gasteiger partial charge in [0.15, 0.2) is 11.2 Å². The standard InChI is InChI=1S/C12H4OS/c1-2-4-6-5(3-1)7-8(6)11-12(14-11)10-9(7)13-10/h1-4H. The van der Waals surface area contributed by atoms with Gasteiger partial charge in [0, 0.05) is 10.8 Å². The summed E-state index contributed by atoms with van der Waals surface area (Å²) in [6.45, 7) is 0. The Labute approximate surface area is 82.5 Å². The second-order valence-corrected chi connectivity index (χ2v) is 4.84. The molecule has 1 nitrogen and oxygen atoms in total. The lowest BCUT2D eigenvalue weighted by Gasteiger charge is -2.06. The number of fused-ring (bicyclic) bond motifs is 9. The van der Waals surface area contributed by atoms with Crippen LogP contribution >= 0.6 is 11.3 Å². The van der Waals surface area contributed by atoms with Crippen LogP contribution in [0.3, 0.4) is 0 Å². The molecule has 2 heteroatoms. The summed E-state index contributed by atoms with van der Waals surface area (Å²) in [6, 6.07) is 8.58. The van der Waals surface area contributed by atoms with E-state index in [2.05, 4.69) is 24.3 Å². The van der Waals surface area contributed by atoms with Gasteiger partial charge in [-0.15, -0.1) is 11.3 Å². The Bertz CT molecular complexity index is 791. The number of benzene rings is 2. The second kappa shape index (κ2) is 1.55. The van der Waals surface area contributed by atoms with Gasteiger partial charge in [-0.1, -0.05) is 24.3 Å². The fraction of sp³-hybridized carbons (Fsp3) is 0. The molecule has 0 saturated heterocycles. The molecule has 0 unspecified atom stereocenters. The van der Waals surface area contributed by atoms with Crippen LogP contribution in [0.5, 0.6) is 0 Å². The molecule has 0 N–H and O–H groups in total. The van der Waals surface area contributed by atoms with Crippen molar-refractivity contribution in [2.75, 3.05) is 0 Å². The first kappa shape index (κ1) is 6.04. The van der Waals surface area contributed by atoms with Crippen LogP contribution in [0, 0.1) is 0 Å². The lowest BCUT2D eigenvalue weighted by molar-refractivity contribution is 0.762. The van der Waals surface area contributed by atoms with Gasteiger partial charge in [-0.25, -0.2) is 0 Å². The number of hydrogen-bond donors (Lipinski definition) is 0. The molecule has 2 aromatic heterocycles. The summed E-state index contributed by atoms with van der Waals surface area (Å²) in [5, 5.41) is 5.57. The maximum Gasteiger partial charge on any atom is 0.189 e. The Hall–Kier alpha value is -1.54. The highest BCUT2D eigenvalue weighted by atomic mass is 32.1. The van der Waals surface area contributed by atoms with Gasteiger partial charge in [0.1, 0.15) is 0 Å². The minimum atomic E-state index is 1.14. The molecule has 0 bridgehead atoms. The molecule has 0 spiro atoms. The average molecular weight is 196 g/mol. The van der Waals surface area contributed by atoms with E-state index in [1.165, 1.54) is 30.9 Å². The third-order valence-electron chi connectivity index (χ3n) is 3.11. The van der Waals surface area contributed by atoms with Gasteiger partial charge < -0.3 is 4.42 Å². The van der Waals surface area contributed by atoms with Crippen LogP contribution in [-0.4, -0.2) is 0 Å². The highest BCUT2D eigenvalue weighted by molar-refractivity contribution is 7.38. The highest BCUT2D eigenvalue weighted by Crippen LogP contribution is 2.56. The fourth-order valence-corrected chi connectivity index (χ4v) is 3.27. The maximum absolute atomic E-state index is 5.52. The molecule has 0 fully saturated rings. The smallest absolute Gasteiger partial charge is 0.189 e. The van der Waals surface area contributed by atoms with Crippen LogP contribution in [0.4, 0.5) is 0 Å². The Morgan fingerprint density at radius 1 is 0.857 bits per heavy atom. The third kappa shape index (κ3) is 0.453. The zero-order valence-electron chi connectivity index (χ0n) is 7.13. The molecule has 0 aliphatic heterocycles. The minimum Gasteiger partial charge on any atom is -0.447 e. The Morgan fingerprint density at radius 3 is 2.50 bits per heavy atom. The predicted octanol–water partition coefficient (Wildman–Crippen LogP) is 4.27. The lowest BCUT2D eigenvalue weighted by atomic mass is 9.94. The predicted molar refractivity (Wildman–Crippen MR) is 60.2 cm³/mol. The van der Waals surface area contributed by atoms with E-state index in [1.807, 2.05) is 11.3 Å². The molecular weight excluding hydrogens is 192 g/mol. The van der Waals surface area contributed by atoms with Gasteiger partial charge >= 0.3 is 0 Å². The largest absolute Gasteiger partial charge is 0.447 e. The zero-order valence-corrected chi connectivity index (χ0v) is 7.94. The van der Waals surface area contributed by atoms with E-state index in [0.29, 0.717) is 0 Å². The van der Waals surface area contributed by atoms with Crippen molar-refractivity contribution in [2.24, 2.45) is 0 Å². The van der Waals surface area contributed by atoms with Crippen LogP contribution < -0.4 is 0 Å². The Kier molecular flexibility index (Phi) is 0.668. The fourth-order valence-electron chi connectivity index (χ4n) is 2.38. The van der Waals surface area contributed by atoms with Gasteiger partial charge in [-0.3, -0.25) is 0 Å². The third-order valence-corrected chi connectivity index (χ3v) is 4.12. The minimum absolute atomic E-state index is 1.14. The molecule has 64 valence electrons. The van der Waals surface area contributed by atoms with Gasteiger partial charge in [0.25, 0.3) is 0 Å². The quantitative estimate of drug-likeness (QED) is 0.360. The summed E-state index contributed by atoms with van der Waals surface area (Å²) < 4.78 is 8.36. The van der Waals surface area contributed by atoms with E-state index >= 15 is 0 Å². The topological polar surface area (TPSA) is 13.1 Å². The molecule has 0 amide bonds. The van der Waals surface area contributed by atoms with Crippen molar-refractivity contribution in [3.05, 3.63) is 24.3 Å². The molecule has 0 aliphatic carbocycles. The molecule has 0 saturated carbocycles. The monoisotopic (exact) mass is 196 g/mol. The van der Waals surface area contributed by atoms with E-state index < -0.39 is 0 Å². The molecular formula is C12H4OS. The molecule has 0 aliphatic rings. The summed E-state index contributed by atoms with van der Waals surface area (Å²) in [7, 11) is 0. The first-order valence-corrected chi connectivity index (χ1v) is 5.46. The van der Waals surface area contributed by atoms with Gasteiger partial charge in [-0.2, -0.15) is 0 Å². The average Bonchev–Trinajstić information content (AvgIpc) is 3.00. The normalized spacial score (nSPS) is 13.7. The van der Waals surface area contributed by atoms with Crippen LogP contribution in [-0.2, 0) is 0 Å². The zero-order chi connectivity index (χ0) is 8.86. The molecule has 0 atom stereocenters. The van der Waals surface area contributed by atoms with E-state index in [9.17, 15) is 0 Å². The van der Waals surface area contributed by atoms with E-state index in [0.717, 1.165) is 11.2 Å². The van der Waals surface area contributed by atoms with Crippen LogP contribution in [0.15, 0.2) is 28.7 Å². The van der Waals surface area contributed by atoms with Crippen LogP contribution in [0.25, 0.3) is 42.1 Å². The Balaban J connectivity index is 2.27. The number of hydrogen-bond acceptors (Lipinski definition) is 2. The van der Waals surface area contributed by atoms with Gasteiger partial charge in [0.2, 0.25) is 0 Å². The molecule has 0 radical (unpaired) electrons. The van der Waals surface area contributed by atoms with E-state index in [-0.39, 0.29) is 0 Å². The first-order valence-electron chi connectivity index (χ1n) is 4.64. The lowest BCUT2D eigenvalue weighted by Crippen LogP contribution is -1.80. The van der Waals surface area contributed by atoms with Gasteiger partial charge in [0.05, 0.1) is 9.40 Å².